The fourth-order valence-corrected chi connectivity index (χ4v) is 8.94. The Bertz CT molecular complexity index is 3520. The van der Waals surface area contributed by atoms with Gasteiger partial charge in [0, 0.05) is 39.8 Å². The second kappa shape index (κ2) is 19.2. The van der Waals surface area contributed by atoms with Crippen molar-refractivity contribution in [2.75, 3.05) is 0 Å². The summed E-state index contributed by atoms with van der Waals surface area (Å²) in [5.41, 5.74) is 14.8. The van der Waals surface area contributed by atoms with Crippen molar-refractivity contribution in [3.63, 3.8) is 0 Å². The van der Waals surface area contributed by atoms with Gasteiger partial charge in [-0.1, -0.05) is 183 Å². The number of fused-ring (bicyclic) bond motifs is 1. The molecule has 9 rings (SSSR count). The Hall–Kier alpha value is -6.35. The van der Waals surface area contributed by atoms with Crippen LogP contribution >= 0.6 is 0 Å². The van der Waals surface area contributed by atoms with E-state index in [9.17, 15) is 5.11 Å². The Balaban J connectivity index is 0.00000729. The normalized spacial score (nSPS) is 13.5. The number of aromatic nitrogens is 3. The van der Waals surface area contributed by atoms with Crippen LogP contribution in [0.3, 0.4) is 0 Å². The number of aryl methyl sites for hydroxylation is 2. The van der Waals surface area contributed by atoms with E-state index in [4.69, 9.17) is 16.8 Å². The zero-order chi connectivity index (χ0) is 52.6. The second-order valence-electron chi connectivity index (χ2n) is 20.7. The van der Waals surface area contributed by atoms with E-state index in [1.54, 1.807) is 6.07 Å². The minimum absolute atomic E-state index is 0. The van der Waals surface area contributed by atoms with Gasteiger partial charge in [-0.3, -0.25) is 9.55 Å². The van der Waals surface area contributed by atoms with E-state index in [0.29, 0.717) is 39.2 Å². The van der Waals surface area contributed by atoms with Crippen LogP contribution in [-0.2, 0) is 31.9 Å². The Morgan fingerprint density at radius 3 is 1.81 bits per heavy atom. The second-order valence-corrected chi connectivity index (χ2v) is 20.7. The molecule has 352 valence electrons. The van der Waals surface area contributed by atoms with Gasteiger partial charge in [0.25, 0.3) is 0 Å². The van der Waals surface area contributed by atoms with Crippen LogP contribution in [0.1, 0.15) is 121 Å². The summed E-state index contributed by atoms with van der Waals surface area (Å²) < 4.78 is 47.0. The van der Waals surface area contributed by atoms with Gasteiger partial charge in [0.1, 0.15) is 11.6 Å². The first kappa shape index (κ1) is 42.7. The van der Waals surface area contributed by atoms with Crippen molar-refractivity contribution in [2.45, 2.75) is 106 Å². The van der Waals surface area contributed by atoms with Crippen LogP contribution in [0.4, 0.5) is 0 Å². The van der Waals surface area contributed by atoms with Gasteiger partial charge in [0.05, 0.1) is 22.3 Å². The Kier molecular flexibility index (Phi) is 11.9. The molecule has 2 aromatic heterocycles. The van der Waals surface area contributed by atoms with Crippen molar-refractivity contribution in [3.8, 4) is 78.6 Å². The molecule has 5 heteroatoms. The van der Waals surface area contributed by atoms with Gasteiger partial charge in [-0.25, -0.2) is 4.98 Å². The fourth-order valence-electron chi connectivity index (χ4n) is 8.94. The van der Waals surface area contributed by atoms with Gasteiger partial charge in [-0.05, 0) is 128 Å². The minimum atomic E-state index is -2.60. The van der Waals surface area contributed by atoms with Crippen LogP contribution in [0.25, 0.3) is 83.9 Å². The molecule has 7 aromatic carbocycles. The summed E-state index contributed by atoms with van der Waals surface area (Å²) in [5, 5.41) is 12.1. The molecular formula is C64H64N3OPt-. The maximum absolute atomic E-state index is 12.1. The van der Waals surface area contributed by atoms with Crippen LogP contribution in [0.15, 0.2) is 152 Å². The van der Waals surface area contributed by atoms with Gasteiger partial charge >= 0.3 is 0 Å². The van der Waals surface area contributed by atoms with E-state index in [1.807, 2.05) is 130 Å². The molecule has 9 aromatic rings. The van der Waals surface area contributed by atoms with Crippen molar-refractivity contribution in [3.05, 3.63) is 191 Å². The predicted octanol–water partition coefficient (Wildman–Crippen LogP) is 17.4. The molecule has 0 aliphatic rings. The summed E-state index contributed by atoms with van der Waals surface area (Å²) in [7, 11) is 0. The molecule has 4 nitrogen and oxygen atoms in total. The van der Waals surface area contributed by atoms with Gasteiger partial charge in [0.2, 0.25) is 0 Å². The number of hydrogen-bond donors (Lipinski definition) is 1. The SMILES string of the molecule is [2H]C([2H])([2H])c1cc(-c2cc(C([2H])(C)C)cc(C([2H])(C)C)c2)ccc1-n1c(-c2cc(C(C)(C)C)cc(C)c2O)nc2c(-c3[c-]c(-c4cc(-c5ccc(-c6ccccc6)cc5)ccn4)cc(C(C)(C)C)c3)cccc21.[Pt]. The molecule has 0 bridgehead atoms. The third kappa shape index (κ3) is 9.93. The summed E-state index contributed by atoms with van der Waals surface area (Å²) in [6, 6.07) is 52.3. The van der Waals surface area contributed by atoms with Crippen LogP contribution in [0.5, 0.6) is 5.75 Å². The zero-order valence-corrected chi connectivity index (χ0v) is 43.8. The number of nitrogens with zero attached hydrogens (tertiary/aromatic N) is 3. The predicted molar refractivity (Wildman–Crippen MR) is 287 cm³/mol. The molecule has 0 fully saturated rings. The van der Waals surface area contributed by atoms with Gasteiger partial charge in [-0.2, -0.15) is 0 Å². The molecule has 0 atom stereocenters. The first-order valence-corrected chi connectivity index (χ1v) is 23.5. The van der Waals surface area contributed by atoms with E-state index >= 15 is 0 Å². The van der Waals surface area contributed by atoms with Gasteiger partial charge in [0.15, 0.2) is 0 Å². The average Bonchev–Trinajstić information content (AvgIpc) is 3.73. The molecule has 0 spiro atoms. The molecule has 0 saturated heterocycles. The van der Waals surface area contributed by atoms with E-state index in [-0.39, 0.29) is 43.2 Å². The summed E-state index contributed by atoms with van der Waals surface area (Å²) in [4.78, 5) is 10.4. The largest absolute Gasteiger partial charge is 0.507 e. The fraction of sp³-hybridized carbons (Fsp3) is 0.250. The van der Waals surface area contributed by atoms with Gasteiger partial charge < -0.3 is 5.11 Å². The van der Waals surface area contributed by atoms with E-state index in [0.717, 1.165) is 72.5 Å². The number of aromatic hydroxyl groups is 1. The van der Waals surface area contributed by atoms with E-state index in [2.05, 4.69) is 102 Å². The summed E-state index contributed by atoms with van der Waals surface area (Å²) >= 11 is 0. The summed E-state index contributed by atoms with van der Waals surface area (Å²) in [6.07, 6.45) is 1.84. The zero-order valence-electron chi connectivity index (χ0n) is 46.5. The Morgan fingerprint density at radius 2 is 1.17 bits per heavy atom. The average molecular weight is 1090 g/mol. The first-order valence-electron chi connectivity index (χ1n) is 26.0. The molecule has 0 radical (unpaired) electrons. The van der Waals surface area contributed by atoms with Crippen molar-refractivity contribution in [1.82, 2.24) is 14.5 Å². The topological polar surface area (TPSA) is 50.9 Å². The van der Waals surface area contributed by atoms with Gasteiger partial charge in [-0.15, -0.1) is 29.3 Å². The third-order valence-electron chi connectivity index (χ3n) is 13.1. The van der Waals surface area contributed by atoms with Crippen LogP contribution < -0.4 is 0 Å². The number of phenols is 1. The molecule has 0 unspecified atom stereocenters. The standard InChI is InChI=1S/C64H64N3O.Pt/c1-39(2)48-31-49(40(3)4)33-50(32-48)46-25-26-58(41(5)29-46)67-59-20-16-19-55(60(59)66-62(67)56-38-53(63(7,8)9)30-42(6)61(56)68)51-34-52(36-54(35-51)64(10,11)12)57-37-47(27-28-65-57)45-23-21-44(22-24-45)43-17-14-13-15-18-43;/h13-33,35-40,68H,1-12H3;/q-1;/i5D3,39D,40D;. The maximum Gasteiger partial charge on any atom is 0.148 e. The molecule has 0 saturated carbocycles. The van der Waals surface area contributed by atoms with E-state index < -0.39 is 18.6 Å². The van der Waals surface area contributed by atoms with Crippen molar-refractivity contribution in [2.24, 2.45) is 0 Å². The molecule has 0 aliphatic carbocycles. The van der Waals surface area contributed by atoms with Crippen molar-refractivity contribution in [1.29, 1.82) is 0 Å². The summed E-state index contributed by atoms with van der Waals surface area (Å²) in [5.74, 6) is -1.48. The number of imidazole rings is 1. The first-order chi connectivity index (χ1) is 34.1. The van der Waals surface area contributed by atoms with Crippen molar-refractivity contribution >= 4 is 11.0 Å². The molecule has 0 aliphatic heterocycles. The molecular weight excluding hydrogens is 1020 g/mol. The third-order valence-corrected chi connectivity index (χ3v) is 13.1. The number of rotatable bonds is 9. The maximum atomic E-state index is 12.1. The number of benzene rings is 7. The minimum Gasteiger partial charge on any atom is -0.507 e. The Morgan fingerprint density at radius 1 is 0.580 bits per heavy atom. The number of pyridine rings is 1. The molecule has 69 heavy (non-hydrogen) atoms. The van der Waals surface area contributed by atoms with Crippen LogP contribution in [0.2, 0.25) is 0 Å². The molecule has 2 heterocycles. The molecule has 1 N–H and O–H groups in total. The van der Waals surface area contributed by atoms with Crippen LogP contribution in [-0.4, -0.2) is 19.6 Å². The van der Waals surface area contributed by atoms with Crippen molar-refractivity contribution < 1.29 is 33.0 Å². The van der Waals surface area contributed by atoms with Crippen LogP contribution in [0, 0.1) is 19.8 Å². The molecule has 0 amide bonds. The monoisotopic (exact) mass is 1090 g/mol. The Labute approximate surface area is 431 Å². The quantitative estimate of drug-likeness (QED) is 0.147. The smallest absolute Gasteiger partial charge is 0.148 e. The number of phenolic OH excluding ortho intramolecular Hbond substituents is 1. The number of para-hydroxylation sites is 1. The number of hydrogen-bond acceptors (Lipinski definition) is 3. The van der Waals surface area contributed by atoms with E-state index in [1.165, 1.54) is 0 Å². The summed E-state index contributed by atoms with van der Waals surface area (Å²) in [6.45, 7) is 19.5.